The predicted octanol–water partition coefficient (Wildman–Crippen LogP) is 3.00. The van der Waals surface area contributed by atoms with Crippen LogP contribution in [0, 0.1) is 0 Å². The molecule has 0 amide bonds. The predicted molar refractivity (Wildman–Crippen MR) is 100 cm³/mol. The first-order valence-electron chi connectivity index (χ1n) is 9.01. The van der Waals surface area contributed by atoms with Crippen molar-refractivity contribution < 1.29 is 13.2 Å². The van der Waals surface area contributed by atoms with Gasteiger partial charge in [0.25, 0.3) is 0 Å². The summed E-state index contributed by atoms with van der Waals surface area (Å²) in [5, 5.41) is 4.17. The summed E-state index contributed by atoms with van der Waals surface area (Å²) in [4.78, 5) is 10.2. The van der Waals surface area contributed by atoms with Crippen molar-refractivity contribution in [2.24, 2.45) is 21.5 Å². The molecule has 1 spiro atoms. The fraction of sp³-hybridized carbons (Fsp3) is 0.389. The van der Waals surface area contributed by atoms with Crippen LogP contribution in [0.1, 0.15) is 37.7 Å². The number of hydrogen-bond acceptors (Lipinski definition) is 6. The van der Waals surface area contributed by atoms with E-state index in [0.717, 1.165) is 31.4 Å². The number of halogens is 3. The molecule has 4 N–H and O–H groups in total. The van der Waals surface area contributed by atoms with Crippen molar-refractivity contribution in [2.45, 2.75) is 43.9 Å². The molecular weight excluding hydrogens is 371 g/mol. The Bertz CT molecular complexity index is 925. The monoisotopic (exact) mass is 391 g/mol. The van der Waals surface area contributed by atoms with Crippen LogP contribution < -0.4 is 16.4 Å². The highest BCUT2D eigenvalue weighted by atomic mass is 19.4. The Morgan fingerprint density at radius 1 is 1.04 bits per heavy atom. The summed E-state index contributed by atoms with van der Waals surface area (Å²) >= 11 is 0. The van der Waals surface area contributed by atoms with Gasteiger partial charge in [0.2, 0.25) is 11.9 Å². The fourth-order valence-corrected chi connectivity index (χ4v) is 3.95. The number of aromatic nitrogens is 2. The van der Waals surface area contributed by atoms with Gasteiger partial charge in [-0.05, 0) is 49.9 Å². The molecule has 10 heteroatoms. The van der Waals surface area contributed by atoms with Gasteiger partial charge >= 0.3 is 6.18 Å². The molecule has 7 nitrogen and oxygen atoms in total. The summed E-state index contributed by atoms with van der Waals surface area (Å²) in [5.74, 6) is 0.0744. The van der Waals surface area contributed by atoms with Crippen molar-refractivity contribution in [3.63, 3.8) is 0 Å². The minimum absolute atomic E-state index is 0.0298. The molecule has 1 aliphatic carbocycles. The van der Waals surface area contributed by atoms with Gasteiger partial charge in [0.05, 0.1) is 16.9 Å². The van der Waals surface area contributed by atoms with Gasteiger partial charge in [-0.3, -0.25) is 4.90 Å². The van der Waals surface area contributed by atoms with E-state index in [1.807, 2.05) is 0 Å². The average molecular weight is 391 g/mol. The fourth-order valence-electron chi connectivity index (χ4n) is 3.95. The molecule has 0 radical (unpaired) electrons. The Morgan fingerprint density at radius 2 is 1.79 bits per heavy atom. The molecule has 1 aromatic carbocycles. The summed E-state index contributed by atoms with van der Waals surface area (Å²) in [7, 11) is 0. The van der Waals surface area contributed by atoms with Gasteiger partial charge < -0.3 is 11.5 Å². The zero-order chi connectivity index (χ0) is 19.9. The average Bonchev–Trinajstić information content (AvgIpc) is 3.15. The van der Waals surface area contributed by atoms with Crippen molar-refractivity contribution in [1.29, 1.82) is 0 Å². The molecule has 0 bridgehead atoms. The lowest BCUT2D eigenvalue weighted by Crippen LogP contribution is -2.58. The lowest BCUT2D eigenvalue weighted by Gasteiger charge is -2.46. The second-order valence-corrected chi connectivity index (χ2v) is 6.97. The summed E-state index contributed by atoms with van der Waals surface area (Å²) < 4.78 is 41.9. The highest BCUT2D eigenvalue weighted by Crippen LogP contribution is 2.43. The largest absolute Gasteiger partial charge is 0.416 e. The molecule has 2 aromatic rings. The Labute approximate surface area is 159 Å². The van der Waals surface area contributed by atoms with Crippen LogP contribution in [0.2, 0.25) is 0 Å². The number of aliphatic imine (C=N–C) groups is 2. The Morgan fingerprint density at radius 3 is 2.43 bits per heavy atom. The van der Waals surface area contributed by atoms with Gasteiger partial charge in [0.1, 0.15) is 5.66 Å². The number of hydrogen-bond donors (Lipinski definition) is 2. The lowest BCUT2D eigenvalue weighted by molar-refractivity contribution is -0.137. The standard InChI is InChI=1S/C18H20F3N7/c19-18(20,21)12-5-6-13(27-10-4-9-24-27)14(11-12)28-16(23)25-15(22)26-17(28)7-2-1-3-8-17/h4-6,9-11H,1-3,7-8H2,(H4,22,23,25,26). The first-order valence-corrected chi connectivity index (χ1v) is 9.01. The van der Waals surface area contributed by atoms with Crippen LogP contribution in [0.25, 0.3) is 5.69 Å². The third-order valence-corrected chi connectivity index (χ3v) is 5.15. The number of benzene rings is 1. The zero-order valence-corrected chi connectivity index (χ0v) is 15.0. The third-order valence-electron chi connectivity index (χ3n) is 5.15. The number of guanidine groups is 2. The van der Waals surface area contributed by atoms with Crippen molar-refractivity contribution in [1.82, 2.24) is 9.78 Å². The van der Waals surface area contributed by atoms with E-state index in [2.05, 4.69) is 15.1 Å². The van der Waals surface area contributed by atoms with E-state index in [-0.39, 0.29) is 17.6 Å². The van der Waals surface area contributed by atoms with Crippen LogP contribution in [0.4, 0.5) is 18.9 Å². The molecule has 0 saturated heterocycles. The minimum atomic E-state index is -4.50. The van der Waals surface area contributed by atoms with Crippen LogP contribution >= 0.6 is 0 Å². The van der Waals surface area contributed by atoms with Crippen LogP contribution in [-0.4, -0.2) is 27.4 Å². The van der Waals surface area contributed by atoms with E-state index in [4.69, 9.17) is 11.5 Å². The van der Waals surface area contributed by atoms with E-state index in [0.29, 0.717) is 18.5 Å². The van der Waals surface area contributed by atoms with Crippen LogP contribution in [-0.2, 0) is 6.18 Å². The number of alkyl halides is 3. The molecule has 0 unspecified atom stereocenters. The quantitative estimate of drug-likeness (QED) is 0.822. The van der Waals surface area contributed by atoms with E-state index < -0.39 is 17.4 Å². The molecule has 28 heavy (non-hydrogen) atoms. The lowest BCUT2D eigenvalue weighted by atomic mass is 9.87. The molecule has 1 fully saturated rings. The van der Waals surface area contributed by atoms with E-state index in [9.17, 15) is 13.2 Å². The summed E-state index contributed by atoms with van der Waals surface area (Å²) in [5.41, 5.74) is 11.1. The molecule has 2 heterocycles. The van der Waals surface area contributed by atoms with Crippen LogP contribution in [0.3, 0.4) is 0 Å². The van der Waals surface area contributed by atoms with Crippen molar-refractivity contribution in [3.8, 4) is 5.69 Å². The summed E-state index contributed by atoms with van der Waals surface area (Å²) in [6, 6.07) is 5.19. The summed E-state index contributed by atoms with van der Waals surface area (Å²) in [6.45, 7) is 0. The highest BCUT2D eigenvalue weighted by Gasteiger charge is 2.44. The Hall–Kier alpha value is -3.04. The molecule has 2 aliphatic rings. The zero-order valence-electron chi connectivity index (χ0n) is 15.0. The number of anilines is 1. The van der Waals surface area contributed by atoms with E-state index in [1.54, 1.807) is 23.4 Å². The Kier molecular flexibility index (Phi) is 4.28. The van der Waals surface area contributed by atoms with Crippen LogP contribution in [0.15, 0.2) is 46.6 Å². The van der Waals surface area contributed by atoms with Gasteiger partial charge in [-0.1, -0.05) is 6.42 Å². The van der Waals surface area contributed by atoms with Gasteiger partial charge in [-0.15, -0.1) is 0 Å². The normalized spacial score (nSPS) is 19.5. The van der Waals surface area contributed by atoms with Crippen LogP contribution in [0.5, 0.6) is 0 Å². The first kappa shape index (κ1) is 18.3. The topological polar surface area (TPSA) is 97.8 Å². The van der Waals surface area contributed by atoms with E-state index >= 15 is 0 Å². The smallest absolute Gasteiger partial charge is 0.369 e. The second-order valence-electron chi connectivity index (χ2n) is 6.97. The first-order chi connectivity index (χ1) is 13.3. The van der Waals surface area contributed by atoms with Crippen molar-refractivity contribution in [2.75, 3.05) is 4.90 Å². The number of nitrogens with two attached hydrogens (primary N) is 2. The second kappa shape index (κ2) is 6.54. The van der Waals surface area contributed by atoms with Gasteiger partial charge in [-0.25, -0.2) is 9.67 Å². The van der Waals surface area contributed by atoms with Gasteiger partial charge in [-0.2, -0.15) is 23.3 Å². The molecule has 1 saturated carbocycles. The maximum Gasteiger partial charge on any atom is 0.416 e. The van der Waals surface area contributed by atoms with E-state index in [1.165, 1.54) is 10.7 Å². The molecule has 0 atom stereocenters. The molecular formula is C18H20F3N7. The molecule has 1 aliphatic heterocycles. The summed E-state index contributed by atoms with van der Waals surface area (Å²) in [6.07, 6.45) is 2.73. The maximum absolute atomic E-state index is 13.5. The van der Waals surface area contributed by atoms with Crippen molar-refractivity contribution >= 4 is 17.6 Å². The Balaban J connectivity index is 1.93. The maximum atomic E-state index is 13.5. The van der Waals surface area contributed by atoms with Gasteiger partial charge in [0, 0.05) is 12.4 Å². The molecule has 1 aromatic heterocycles. The number of rotatable bonds is 2. The minimum Gasteiger partial charge on any atom is -0.369 e. The van der Waals surface area contributed by atoms with Crippen molar-refractivity contribution in [3.05, 3.63) is 42.2 Å². The number of nitrogens with zero attached hydrogens (tertiary/aromatic N) is 5. The third kappa shape index (κ3) is 3.08. The highest BCUT2D eigenvalue weighted by molar-refractivity contribution is 6.06. The SMILES string of the molecule is NC1=NC2(CCCCC2)N(c2cc(C(F)(F)F)ccc2-n2cccn2)C(N)=N1. The molecule has 148 valence electrons. The van der Waals surface area contributed by atoms with Gasteiger partial charge in [0.15, 0.2) is 0 Å². The molecule has 4 rings (SSSR count).